The van der Waals surface area contributed by atoms with E-state index in [9.17, 15) is 9.59 Å². The van der Waals surface area contributed by atoms with Crippen molar-refractivity contribution in [2.75, 3.05) is 39.3 Å². The zero-order valence-electron chi connectivity index (χ0n) is 24.1. The molecule has 2 aliphatic rings. The molecule has 1 atom stereocenters. The van der Waals surface area contributed by atoms with E-state index < -0.39 is 0 Å². The molecule has 3 heterocycles. The lowest BCUT2D eigenvalue weighted by Gasteiger charge is -2.37. The summed E-state index contributed by atoms with van der Waals surface area (Å²) < 4.78 is 0. The first-order valence-corrected chi connectivity index (χ1v) is 15.9. The van der Waals surface area contributed by atoms with Crippen molar-refractivity contribution in [3.05, 3.63) is 92.7 Å². The van der Waals surface area contributed by atoms with Gasteiger partial charge < -0.3 is 9.80 Å². The van der Waals surface area contributed by atoms with Crippen LogP contribution in [0.1, 0.15) is 82.6 Å². The zero-order chi connectivity index (χ0) is 27.9. The van der Waals surface area contributed by atoms with E-state index in [4.69, 9.17) is 0 Å². The molecule has 1 fully saturated rings. The molecule has 2 aliphatic heterocycles. The number of aryl methyl sites for hydroxylation is 2. The molecular formula is C34H43N3O2S. The van der Waals surface area contributed by atoms with Crippen LogP contribution in [0.2, 0.25) is 0 Å². The first-order chi connectivity index (χ1) is 19.5. The van der Waals surface area contributed by atoms with Crippen LogP contribution in [0.4, 0.5) is 0 Å². The molecule has 2 amide bonds. The fraction of sp³-hybridized carbons (Fsp3) is 0.471. The Morgan fingerprint density at radius 3 is 2.45 bits per heavy atom. The number of benzene rings is 2. The minimum Gasteiger partial charge on any atom is -0.341 e. The Hall–Kier alpha value is -2.96. The number of hydrogen-bond acceptors (Lipinski definition) is 4. The van der Waals surface area contributed by atoms with Crippen molar-refractivity contribution in [3.63, 3.8) is 0 Å². The van der Waals surface area contributed by atoms with E-state index in [1.807, 2.05) is 33.3 Å². The van der Waals surface area contributed by atoms with Crippen molar-refractivity contribution in [2.24, 2.45) is 0 Å². The average Bonchev–Trinajstić information content (AvgIpc) is 3.32. The molecule has 1 saturated heterocycles. The molecule has 0 saturated carbocycles. The van der Waals surface area contributed by atoms with Crippen LogP contribution in [0.15, 0.2) is 60.0 Å². The van der Waals surface area contributed by atoms with Crippen LogP contribution in [0.3, 0.4) is 0 Å². The van der Waals surface area contributed by atoms with Gasteiger partial charge in [-0.2, -0.15) is 0 Å². The van der Waals surface area contributed by atoms with E-state index in [0.29, 0.717) is 26.1 Å². The van der Waals surface area contributed by atoms with Crippen LogP contribution in [0.5, 0.6) is 0 Å². The summed E-state index contributed by atoms with van der Waals surface area (Å²) in [5.41, 5.74) is 6.08. The molecule has 0 radical (unpaired) electrons. The predicted octanol–water partition coefficient (Wildman–Crippen LogP) is 6.50. The van der Waals surface area contributed by atoms with E-state index in [1.165, 1.54) is 46.4 Å². The number of unbranched alkanes of at least 4 members (excludes halogenated alkanes) is 2. The molecule has 2 aromatic carbocycles. The van der Waals surface area contributed by atoms with Crippen molar-refractivity contribution in [2.45, 2.75) is 64.8 Å². The third kappa shape index (κ3) is 6.67. The molecule has 0 aliphatic carbocycles. The van der Waals surface area contributed by atoms with Crippen LogP contribution >= 0.6 is 11.3 Å². The lowest BCUT2D eigenvalue weighted by Crippen LogP contribution is -2.41. The summed E-state index contributed by atoms with van der Waals surface area (Å²) in [6.07, 6.45) is 7.09. The summed E-state index contributed by atoms with van der Waals surface area (Å²) >= 11 is 1.85. The molecule has 1 aromatic heterocycles. The number of fused-ring (bicyclic) bond motifs is 1. The van der Waals surface area contributed by atoms with Gasteiger partial charge >= 0.3 is 0 Å². The van der Waals surface area contributed by atoms with Gasteiger partial charge in [0.05, 0.1) is 6.04 Å². The van der Waals surface area contributed by atoms with E-state index in [2.05, 4.69) is 66.6 Å². The standard InChI is InChI=1S/C34H43N3O2S/c1-3-4-5-10-27-12-14-28(15-13-27)34(39)37-20-8-19-35(23-24-37)32(38)17-22-36-21-16-31-30(18-25-40-31)33(36)29-11-7-6-9-26(29)2/h6-7,9,11-15,18,25,33H,3-5,8,10,16-17,19-24H2,1-2H3. The van der Waals surface area contributed by atoms with Crippen LogP contribution in [-0.2, 0) is 17.6 Å². The molecule has 5 nitrogen and oxygen atoms in total. The van der Waals surface area contributed by atoms with Gasteiger partial charge in [0, 0.05) is 56.1 Å². The fourth-order valence-corrected chi connectivity index (χ4v) is 7.11. The second-order valence-electron chi connectivity index (χ2n) is 11.3. The third-order valence-electron chi connectivity index (χ3n) is 8.57. The first-order valence-electron chi connectivity index (χ1n) is 15.1. The van der Waals surface area contributed by atoms with Crippen LogP contribution < -0.4 is 0 Å². The number of hydrogen-bond donors (Lipinski definition) is 0. The minimum absolute atomic E-state index is 0.0790. The largest absolute Gasteiger partial charge is 0.341 e. The molecule has 6 heteroatoms. The summed E-state index contributed by atoms with van der Waals surface area (Å²) in [6, 6.07) is 19.3. The second kappa shape index (κ2) is 13.6. The number of rotatable bonds is 9. The SMILES string of the molecule is CCCCCc1ccc(C(=O)N2CCCN(C(=O)CCN3CCc4sccc4C3c3ccccc3C)CC2)cc1. The Kier molecular flexibility index (Phi) is 9.71. The number of thiophene rings is 1. The molecule has 212 valence electrons. The number of carbonyl (C=O) groups excluding carboxylic acids is 2. The van der Waals surface area contributed by atoms with Crippen LogP contribution in [0, 0.1) is 6.92 Å². The number of nitrogens with zero attached hydrogens (tertiary/aromatic N) is 3. The molecule has 3 aromatic rings. The van der Waals surface area contributed by atoms with Gasteiger partial charge in [-0.25, -0.2) is 0 Å². The van der Waals surface area contributed by atoms with Gasteiger partial charge in [0.25, 0.3) is 5.91 Å². The quantitative estimate of drug-likeness (QED) is 0.282. The monoisotopic (exact) mass is 557 g/mol. The fourth-order valence-electron chi connectivity index (χ4n) is 6.21. The Morgan fingerprint density at radius 2 is 1.65 bits per heavy atom. The number of carbonyl (C=O) groups is 2. The van der Waals surface area contributed by atoms with Crippen LogP contribution in [0.25, 0.3) is 0 Å². The maximum absolute atomic E-state index is 13.4. The lowest BCUT2D eigenvalue weighted by molar-refractivity contribution is -0.131. The summed E-state index contributed by atoms with van der Waals surface area (Å²) in [5.74, 6) is 0.278. The maximum atomic E-state index is 13.4. The van der Waals surface area contributed by atoms with Crippen LogP contribution in [-0.4, -0.2) is 65.8 Å². The van der Waals surface area contributed by atoms with Crippen molar-refractivity contribution >= 4 is 23.2 Å². The highest BCUT2D eigenvalue weighted by Crippen LogP contribution is 2.38. The van der Waals surface area contributed by atoms with E-state index in [0.717, 1.165) is 44.5 Å². The summed E-state index contributed by atoms with van der Waals surface area (Å²) in [4.78, 5) is 34.5. The Morgan fingerprint density at radius 1 is 0.875 bits per heavy atom. The van der Waals surface area contributed by atoms with E-state index in [-0.39, 0.29) is 17.9 Å². The number of amides is 2. The van der Waals surface area contributed by atoms with Gasteiger partial charge in [-0.1, -0.05) is 56.2 Å². The summed E-state index contributed by atoms with van der Waals surface area (Å²) in [5, 5.41) is 2.21. The average molecular weight is 558 g/mol. The molecule has 5 rings (SSSR count). The van der Waals surface area contributed by atoms with E-state index in [1.54, 1.807) is 0 Å². The second-order valence-corrected chi connectivity index (χ2v) is 12.3. The van der Waals surface area contributed by atoms with Gasteiger partial charge in [0.1, 0.15) is 0 Å². The van der Waals surface area contributed by atoms with Gasteiger partial charge in [-0.15, -0.1) is 11.3 Å². The zero-order valence-corrected chi connectivity index (χ0v) is 24.9. The smallest absolute Gasteiger partial charge is 0.253 e. The molecule has 0 N–H and O–H groups in total. The normalized spacial score (nSPS) is 17.9. The van der Waals surface area contributed by atoms with Crippen molar-refractivity contribution in [1.29, 1.82) is 0 Å². The highest BCUT2D eigenvalue weighted by molar-refractivity contribution is 7.10. The molecular weight excluding hydrogens is 514 g/mol. The van der Waals surface area contributed by atoms with Gasteiger partial charge in [0.2, 0.25) is 5.91 Å². The highest BCUT2D eigenvalue weighted by Gasteiger charge is 2.31. The summed E-state index contributed by atoms with van der Waals surface area (Å²) in [7, 11) is 0. The third-order valence-corrected chi connectivity index (χ3v) is 9.56. The Bertz CT molecular complexity index is 1280. The first kappa shape index (κ1) is 28.6. The van der Waals surface area contributed by atoms with Crippen molar-refractivity contribution < 1.29 is 9.59 Å². The summed E-state index contributed by atoms with van der Waals surface area (Å²) in [6.45, 7) is 8.74. The van der Waals surface area contributed by atoms with Crippen molar-refractivity contribution in [3.8, 4) is 0 Å². The predicted molar refractivity (Wildman–Crippen MR) is 164 cm³/mol. The topological polar surface area (TPSA) is 43.9 Å². The highest BCUT2D eigenvalue weighted by atomic mass is 32.1. The molecule has 1 unspecified atom stereocenters. The van der Waals surface area contributed by atoms with Gasteiger partial charge in [-0.3, -0.25) is 14.5 Å². The van der Waals surface area contributed by atoms with Gasteiger partial charge in [0.15, 0.2) is 0 Å². The molecule has 0 bridgehead atoms. The maximum Gasteiger partial charge on any atom is 0.253 e. The van der Waals surface area contributed by atoms with Gasteiger partial charge in [-0.05, 0) is 78.4 Å². The Labute approximate surface area is 243 Å². The van der Waals surface area contributed by atoms with E-state index >= 15 is 0 Å². The minimum atomic E-state index is 0.0790. The van der Waals surface area contributed by atoms with Crippen molar-refractivity contribution in [1.82, 2.24) is 14.7 Å². The molecule has 40 heavy (non-hydrogen) atoms. The Balaban J connectivity index is 1.17. The lowest BCUT2D eigenvalue weighted by atomic mass is 9.90. The molecule has 0 spiro atoms.